The molecule has 1 aliphatic heterocycles. The number of nitrogens with one attached hydrogen (secondary N) is 2. The molecule has 2 aromatic rings. The molecule has 2 aromatic carbocycles. The molecule has 0 aromatic heterocycles. The summed E-state index contributed by atoms with van der Waals surface area (Å²) < 4.78 is 12.9. The quantitative estimate of drug-likeness (QED) is 0.834. The van der Waals surface area contributed by atoms with Gasteiger partial charge in [-0.3, -0.25) is 0 Å². The maximum atomic E-state index is 12.9. The number of likely N-dealkylation sites (N-methyl/N-ethyl adjacent to an activating group) is 1. The van der Waals surface area contributed by atoms with E-state index in [2.05, 4.69) is 39.6 Å². The van der Waals surface area contributed by atoms with Gasteiger partial charge in [-0.05, 0) is 67.8 Å². The van der Waals surface area contributed by atoms with Crippen molar-refractivity contribution in [2.75, 3.05) is 48.8 Å². The zero-order valence-corrected chi connectivity index (χ0v) is 14.4. The molecule has 1 saturated heterocycles. The van der Waals surface area contributed by atoms with E-state index in [0.29, 0.717) is 5.11 Å². The van der Waals surface area contributed by atoms with Crippen LogP contribution in [0.4, 0.5) is 21.5 Å². The number of piperazine rings is 1. The molecule has 4 nitrogen and oxygen atoms in total. The van der Waals surface area contributed by atoms with Crippen LogP contribution in [0.5, 0.6) is 0 Å². The van der Waals surface area contributed by atoms with Crippen LogP contribution < -0.4 is 15.5 Å². The molecule has 0 radical (unpaired) electrons. The third kappa shape index (κ3) is 4.43. The average molecular weight is 344 g/mol. The minimum Gasteiger partial charge on any atom is -0.369 e. The van der Waals surface area contributed by atoms with Gasteiger partial charge in [0, 0.05) is 43.2 Å². The van der Waals surface area contributed by atoms with Crippen molar-refractivity contribution >= 4 is 34.4 Å². The highest BCUT2D eigenvalue weighted by Crippen LogP contribution is 2.19. The second-order valence-corrected chi connectivity index (χ2v) is 6.33. The molecular formula is C18H21FN4S. The predicted octanol–water partition coefficient (Wildman–Crippen LogP) is 3.39. The van der Waals surface area contributed by atoms with Gasteiger partial charge in [-0.15, -0.1) is 0 Å². The Bertz CT molecular complexity index is 679. The summed E-state index contributed by atoms with van der Waals surface area (Å²) in [4.78, 5) is 4.73. The molecule has 0 amide bonds. The first kappa shape index (κ1) is 16.7. The van der Waals surface area contributed by atoms with Crippen LogP contribution in [0.3, 0.4) is 0 Å². The number of rotatable bonds is 3. The topological polar surface area (TPSA) is 30.5 Å². The molecule has 3 rings (SSSR count). The monoisotopic (exact) mass is 344 g/mol. The molecule has 126 valence electrons. The molecule has 24 heavy (non-hydrogen) atoms. The van der Waals surface area contributed by atoms with E-state index in [4.69, 9.17) is 12.2 Å². The first-order valence-corrected chi connectivity index (χ1v) is 8.38. The molecule has 0 bridgehead atoms. The summed E-state index contributed by atoms with van der Waals surface area (Å²) >= 11 is 5.29. The van der Waals surface area contributed by atoms with Gasteiger partial charge < -0.3 is 20.4 Å². The molecule has 1 heterocycles. The van der Waals surface area contributed by atoms with Crippen LogP contribution in [0.25, 0.3) is 0 Å². The zero-order chi connectivity index (χ0) is 16.9. The number of nitrogens with zero attached hydrogens (tertiary/aromatic N) is 2. The highest BCUT2D eigenvalue weighted by Gasteiger charge is 2.13. The van der Waals surface area contributed by atoms with Gasteiger partial charge in [0.05, 0.1) is 0 Å². The van der Waals surface area contributed by atoms with Crippen molar-refractivity contribution in [3.05, 3.63) is 54.3 Å². The van der Waals surface area contributed by atoms with Crippen molar-refractivity contribution in [2.45, 2.75) is 0 Å². The summed E-state index contributed by atoms with van der Waals surface area (Å²) in [6.45, 7) is 4.28. The first-order valence-electron chi connectivity index (χ1n) is 7.97. The van der Waals surface area contributed by atoms with Crippen LogP contribution in [0.1, 0.15) is 0 Å². The SMILES string of the molecule is CN1CCN(c2ccc(NC(=S)Nc3ccc(F)cc3)cc2)CC1. The lowest BCUT2D eigenvalue weighted by atomic mass is 10.2. The molecule has 6 heteroatoms. The van der Waals surface area contributed by atoms with E-state index in [9.17, 15) is 4.39 Å². The fraction of sp³-hybridized carbons (Fsp3) is 0.278. The van der Waals surface area contributed by atoms with Gasteiger partial charge in [-0.1, -0.05) is 0 Å². The zero-order valence-electron chi connectivity index (χ0n) is 13.6. The molecule has 0 spiro atoms. The van der Waals surface area contributed by atoms with Gasteiger partial charge in [0.15, 0.2) is 5.11 Å². The standard InChI is InChI=1S/C18H21FN4S/c1-22-10-12-23(13-11-22)17-8-6-16(7-9-17)21-18(24)20-15-4-2-14(19)3-5-15/h2-9H,10-13H2,1H3,(H2,20,21,24). The average Bonchev–Trinajstić information content (AvgIpc) is 2.58. The molecule has 0 saturated carbocycles. The Labute approximate surface area is 147 Å². The highest BCUT2D eigenvalue weighted by atomic mass is 32.1. The summed E-state index contributed by atoms with van der Waals surface area (Å²) in [6.07, 6.45) is 0. The van der Waals surface area contributed by atoms with E-state index < -0.39 is 0 Å². The third-order valence-corrected chi connectivity index (χ3v) is 4.30. The number of anilines is 3. The smallest absolute Gasteiger partial charge is 0.175 e. The lowest BCUT2D eigenvalue weighted by molar-refractivity contribution is 0.313. The van der Waals surface area contributed by atoms with Crippen molar-refractivity contribution in [1.82, 2.24) is 4.90 Å². The van der Waals surface area contributed by atoms with E-state index >= 15 is 0 Å². The number of halogens is 1. The number of hydrogen-bond acceptors (Lipinski definition) is 3. The maximum absolute atomic E-state index is 12.9. The minimum atomic E-state index is -0.265. The second-order valence-electron chi connectivity index (χ2n) is 5.92. The van der Waals surface area contributed by atoms with Gasteiger partial charge >= 0.3 is 0 Å². The molecule has 2 N–H and O–H groups in total. The summed E-state index contributed by atoms with van der Waals surface area (Å²) in [6, 6.07) is 14.4. The van der Waals surface area contributed by atoms with Crippen molar-refractivity contribution in [2.24, 2.45) is 0 Å². The van der Waals surface area contributed by atoms with E-state index in [1.54, 1.807) is 12.1 Å². The molecular weight excluding hydrogens is 323 g/mol. The van der Waals surface area contributed by atoms with E-state index in [1.807, 2.05) is 12.1 Å². The largest absolute Gasteiger partial charge is 0.369 e. The van der Waals surface area contributed by atoms with Crippen LogP contribution in [0, 0.1) is 5.82 Å². The molecule has 0 aliphatic carbocycles. The van der Waals surface area contributed by atoms with E-state index in [1.165, 1.54) is 17.8 Å². The molecule has 1 aliphatic rings. The summed E-state index contributed by atoms with van der Waals surface area (Å²) in [7, 11) is 2.15. The van der Waals surface area contributed by atoms with Crippen LogP contribution in [-0.2, 0) is 0 Å². The molecule has 1 fully saturated rings. The Hall–Kier alpha value is -2.18. The highest BCUT2D eigenvalue weighted by molar-refractivity contribution is 7.80. The Morgan fingerprint density at radius 1 is 0.875 bits per heavy atom. The van der Waals surface area contributed by atoms with E-state index in [0.717, 1.165) is 37.6 Å². The lowest BCUT2D eigenvalue weighted by Gasteiger charge is -2.34. The Morgan fingerprint density at radius 2 is 1.38 bits per heavy atom. The summed E-state index contributed by atoms with van der Waals surface area (Å²) in [5.74, 6) is -0.265. The van der Waals surface area contributed by atoms with Gasteiger partial charge in [0.2, 0.25) is 0 Å². The third-order valence-electron chi connectivity index (χ3n) is 4.10. The normalized spacial score (nSPS) is 15.2. The fourth-order valence-corrected chi connectivity index (χ4v) is 2.88. The van der Waals surface area contributed by atoms with Crippen molar-refractivity contribution in [1.29, 1.82) is 0 Å². The Kier molecular flexibility index (Phi) is 5.27. The van der Waals surface area contributed by atoms with Crippen LogP contribution in [0.15, 0.2) is 48.5 Å². The van der Waals surface area contributed by atoms with Gasteiger partial charge in [0.1, 0.15) is 5.82 Å². The first-order chi connectivity index (χ1) is 11.6. The Morgan fingerprint density at radius 3 is 1.92 bits per heavy atom. The van der Waals surface area contributed by atoms with Gasteiger partial charge in [-0.2, -0.15) is 0 Å². The lowest BCUT2D eigenvalue weighted by Crippen LogP contribution is -2.44. The Balaban J connectivity index is 1.55. The van der Waals surface area contributed by atoms with Crippen molar-refractivity contribution in [3.8, 4) is 0 Å². The molecule has 0 unspecified atom stereocenters. The number of thiocarbonyl (C=S) groups is 1. The predicted molar refractivity (Wildman–Crippen MR) is 102 cm³/mol. The van der Waals surface area contributed by atoms with Crippen molar-refractivity contribution in [3.63, 3.8) is 0 Å². The minimum absolute atomic E-state index is 0.265. The van der Waals surface area contributed by atoms with Crippen LogP contribution >= 0.6 is 12.2 Å². The summed E-state index contributed by atoms with van der Waals surface area (Å²) in [5.41, 5.74) is 2.90. The molecule has 0 atom stereocenters. The van der Waals surface area contributed by atoms with Gasteiger partial charge in [-0.25, -0.2) is 4.39 Å². The van der Waals surface area contributed by atoms with Gasteiger partial charge in [0.25, 0.3) is 0 Å². The fourth-order valence-electron chi connectivity index (χ4n) is 2.65. The van der Waals surface area contributed by atoms with Crippen molar-refractivity contribution < 1.29 is 4.39 Å². The van der Waals surface area contributed by atoms with E-state index in [-0.39, 0.29) is 5.82 Å². The van der Waals surface area contributed by atoms with Crippen LogP contribution in [-0.4, -0.2) is 43.2 Å². The summed E-state index contributed by atoms with van der Waals surface area (Å²) in [5, 5.41) is 6.66. The number of benzene rings is 2. The van der Waals surface area contributed by atoms with Crippen LogP contribution in [0.2, 0.25) is 0 Å². The maximum Gasteiger partial charge on any atom is 0.175 e. The number of hydrogen-bond donors (Lipinski definition) is 2. The second kappa shape index (κ2) is 7.59.